The van der Waals surface area contributed by atoms with E-state index in [1.165, 1.54) is 12.1 Å². The first-order chi connectivity index (χ1) is 18.1. The van der Waals surface area contributed by atoms with Crippen molar-refractivity contribution in [1.29, 1.82) is 0 Å². The Morgan fingerprint density at radius 3 is 2.34 bits per heavy atom. The summed E-state index contributed by atoms with van der Waals surface area (Å²) in [6.45, 7) is 2.86. The summed E-state index contributed by atoms with van der Waals surface area (Å²) < 4.78 is 23.6. The summed E-state index contributed by atoms with van der Waals surface area (Å²) in [5.74, 6) is -0.241. The van der Waals surface area contributed by atoms with Gasteiger partial charge in [0, 0.05) is 62.0 Å². The Morgan fingerprint density at radius 1 is 1.08 bits per heavy atom. The zero-order valence-electron chi connectivity index (χ0n) is 21.3. The van der Waals surface area contributed by atoms with Crippen molar-refractivity contribution < 1.29 is 18.0 Å². The van der Waals surface area contributed by atoms with Crippen LogP contribution in [0.2, 0.25) is 0 Å². The number of amides is 3. The number of nitrogens with one attached hydrogen (secondary N) is 3. The molecule has 4 heterocycles. The van der Waals surface area contributed by atoms with Gasteiger partial charge >= 0.3 is 6.03 Å². The number of rotatable bonds is 6. The predicted molar refractivity (Wildman–Crippen MR) is 141 cm³/mol. The molecule has 3 saturated heterocycles. The van der Waals surface area contributed by atoms with E-state index in [1.54, 1.807) is 29.4 Å². The predicted octanol–water partition coefficient (Wildman–Crippen LogP) is 0.509. The Hall–Kier alpha value is -3.29. The molecule has 3 unspecified atom stereocenters. The number of benzene rings is 1. The molecular formula is C25H34N8O4S. The van der Waals surface area contributed by atoms with Gasteiger partial charge in [-0.25, -0.2) is 18.2 Å². The van der Waals surface area contributed by atoms with Gasteiger partial charge in [0.05, 0.1) is 16.9 Å². The molecule has 0 bridgehead atoms. The van der Waals surface area contributed by atoms with Gasteiger partial charge < -0.3 is 32.3 Å². The molecule has 3 amide bonds. The van der Waals surface area contributed by atoms with Crippen molar-refractivity contribution in [1.82, 2.24) is 25.5 Å². The molecule has 204 valence electrons. The van der Waals surface area contributed by atoms with Crippen molar-refractivity contribution in [2.24, 2.45) is 28.7 Å². The van der Waals surface area contributed by atoms with E-state index < -0.39 is 27.7 Å². The quantitative estimate of drug-likeness (QED) is 0.347. The number of hydrogen-bond donors (Lipinski definition) is 5. The molecule has 1 spiro atoms. The zero-order valence-corrected chi connectivity index (χ0v) is 22.1. The number of sulfone groups is 1. The largest absolute Gasteiger partial charge is 0.369 e. The Bertz CT molecular complexity index is 1310. The Labute approximate surface area is 221 Å². The Morgan fingerprint density at radius 2 is 1.76 bits per heavy atom. The van der Waals surface area contributed by atoms with Crippen LogP contribution in [0.4, 0.5) is 16.3 Å². The number of urea groups is 1. The van der Waals surface area contributed by atoms with Gasteiger partial charge in [-0.3, -0.25) is 9.78 Å². The third-order valence-corrected chi connectivity index (χ3v) is 9.50. The number of aromatic nitrogens is 2. The topological polar surface area (TPSA) is 185 Å². The highest BCUT2D eigenvalue weighted by Gasteiger charge is 2.53. The van der Waals surface area contributed by atoms with Crippen LogP contribution >= 0.6 is 0 Å². The number of likely N-dealkylation sites (tertiary alicyclic amines) is 1. The summed E-state index contributed by atoms with van der Waals surface area (Å²) in [7, 11) is -3.31. The normalized spacial score (nSPS) is 26.9. The van der Waals surface area contributed by atoms with E-state index in [0.717, 1.165) is 25.6 Å². The second-order valence-electron chi connectivity index (χ2n) is 10.6. The minimum Gasteiger partial charge on any atom is -0.369 e. The van der Waals surface area contributed by atoms with Crippen LogP contribution in [-0.4, -0.2) is 73.7 Å². The van der Waals surface area contributed by atoms with E-state index in [1.807, 2.05) is 0 Å². The van der Waals surface area contributed by atoms with Crippen LogP contribution in [0.3, 0.4) is 0 Å². The molecule has 12 nitrogen and oxygen atoms in total. The van der Waals surface area contributed by atoms with E-state index in [9.17, 15) is 18.0 Å². The lowest BCUT2D eigenvalue weighted by atomic mass is 9.60. The third kappa shape index (κ3) is 5.05. The maximum Gasteiger partial charge on any atom is 0.314 e. The fourth-order valence-electron chi connectivity index (χ4n) is 6.22. The van der Waals surface area contributed by atoms with Crippen molar-refractivity contribution >= 4 is 33.3 Å². The van der Waals surface area contributed by atoms with Crippen molar-refractivity contribution in [2.45, 2.75) is 36.2 Å². The Kier molecular flexibility index (Phi) is 7.01. The summed E-state index contributed by atoms with van der Waals surface area (Å²) in [6, 6.07) is 5.80. The highest BCUT2D eigenvalue weighted by Crippen LogP contribution is 2.46. The van der Waals surface area contributed by atoms with Gasteiger partial charge in [-0.2, -0.15) is 0 Å². The van der Waals surface area contributed by atoms with Crippen molar-refractivity contribution in [2.75, 3.05) is 37.8 Å². The van der Waals surface area contributed by atoms with Crippen LogP contribution in [-0.2, 0) is 14.6 Å². The summed E-state index contributed by atoms with van der Waals surface area (Å²) >= 11 is 0. The maximum atomic E-state index is 12.7. The van der Waals surface area contributed by atoms with Gasteiger partial charge in [0.2, 0.25) is 5.91 Å². The first kappa shape index (κ1) is 26.3. The fourth-order valence-corrected chi connectivity index (χ4v) is 6.85. The van der Waals surface area contributed by atoms with Gasteiger partial charge in [-0.1, -0.05) is 0 Å². The van der Waals surface area contributed by atoms with Gasteiger partial charge in [0.1, 0.15) is 5.69 Å². The SMILES string of the molecule is CS(=O)(=O)c1ccc(Nc2nccnc2C2NC[C@H](C3NCC34CCN(C(N)=O)CC4)CC2C(N)=O)cc1. The van der Waals surface area contributed by atoms with E-state index in [4.69, 9.17) is 11.5 Å². The van der Waals surface area contributed by atoms with Crippen LogP contribution in [0.15, 0.2) is 41.6 Å². The molecule has 0 aliphatic carbocycles. The number of carbonyl (C=O) groups is 2. The van der Waals surface area contributed by atoms with E-state index in [-0.39, 0.29) is 28.3 Å². The first-order valence-electron chi connectivity index (χ1n) is 12.8. The van der Waals surface area contributed by atoms with Gasteiger partial charge in [0.15, 0.2) is 15.7 Å². The van der Waals surface area contributed by atoms with E-state index >= 15 is 0 Å². The molecule has 1 aromatic heterocycles. The lowest BCUT2D eigenvalue weighted by Crippen LogP contribution is -2.70. The highest BCUT2D eigenvalue weighted by molar-refractivity contribution is 7.90. The molecule has 1 aromatic carbocycles. The number of nitrogens with two attached hydrogens (primary N) is 2. The minimum atomic E-state index is -3.31. The average molecular weight is 543 g/mol. The van der Waals surface area contributed by atoms with Gasteiger partial charge in [-0.05, 0) is 49.4 Å². The number of hydrogen-bond acceptors (Lipinski definition) is 9. The second kappa shape index (κ2) is 10.1. The van der Waals surface area contributed by atoms with E-state index in [0.29, 0.717) is 43.3 Å². The van der Waals surface area contributed by atoms with Crippen LogP contribution in [0.1, 0.15) is 31.0 Å². The second-order valence-corrected chi connectivity index (χ2v) is 12.7. The molecule has 3 aliphatic rings. The molecule has 0 saturated carbocycles. The molecule has 5 rings (SSSR count). The summed E-state index contributed by atoms with van der Waals surface area (Å²) in [5, 5.41) is 10.3. The Balaban J connectivity index is 1.32. The molecule has 0 radical (unpaired) electrons. The first-order valence-corrected chi connectivity index (χ1v) is 14.6. The lowest BCUT2D eigenvalue weighted by molar-refractivity contribution is -0.125. The summed E-state index contributed by atoms with van der Waals surface area (Å²) in [4.78, 5) is 35.2. The monoisotopic (exact) mass is 542 g/mol. The van der Waals surface area contributed by atoms with Crippen LogP contribution in [0, 0.1) is 17.3 Å². The summed E-state index contributed by atoms with van der Waals surface area (Å²) in [5.41, 5.74) is 12.7. The fraction of sp³-hybridized carbons (Fsp3) is 0.520. The molecule has 7 N–H and O–H groups in total. The molecule has 38 heavy (non-hydrogen) atoms. The number of anilines is 2. The molecule has 4 atom stereocenters. The van der Waals surface area contributed by atoms with Gasteiger partial charge in [-0.15, -0.1) is 0 Å². The lowest BCUT2D eigenvalue weighted by Gasteiger charge is -2.58. The van der Waals surface area contributed by atoms with Gasteiger partial charge in [0.25, 0.3) is 0 Å². The number of piperidine rings is 2. The molecule has 2 aromatic rings. The summed E-state index contributed by atoms with van der Waals surface area (Å²) in [6.07, 6.45) is 6.66. The van der Waals surface area contributed by atoms with Crippen molar-refractivity contribution in [3.05, 3.63) is 42.4 Å². The molecule has 13 heteroatoms. The van der Waals surface area contributed by atoms with Crippen molar-refractivity contribution in [3.8, 4) is 0 Å². The molecule has 3 aliphatic heterocycles. The minimum absolute atomic E-state index is 0.0880. The van der Waals surface area contributed by atoms with Crippen LogP contribution in [0.25, 0.3) is 0 Å². The number of carbonyl (C=O) groups excluding carboxylic acids is 2. The highest BCUT2D eigenvalue weighted by atomic mass is 32.2. The standard InChI is InChI=1S/C25H34N8O4S/c1-38(36,37)17-4-2-16(3-5-17)32-23-20(28-8-9-29-23)19-18(22(26)34)12-15(13-30-19)21-25(14-31-21)6-10-33(11-7-25)24(27)35/h2-5,8-9,15,18-19,21,30-31H,6-7,10-14H2,1H3,(H2,26,34)(H2,27,35)(H,29,32)/t15-,18?,19?,21?/m1/s1. The molecular weight excluding hydrogens is 508 g/mol. The van der Waals surface area contributed by atoms with Crippen molar-refractivity contribution in [3.63, 3.8) is 0 Å². The smallest absolute Gasteiger partial charge is 0.314 e. The van der Waals surface area contributed by atoms with Crippen LogP contribution < -0.4 is 27.4 Å². The maximum absolute atomic E-state index is 12.7. The number of primary amides is 2. The van der Waals surface area contributed by atoms with Crippen LogP contribution in [0.5, 0.6) is 0 Å². The number of nitrogens with zero attached hydrogens (tertiary/aromatic N) is 3. The molecule has 3 fully saturated rings. The zero-order chi connectivity index (χ0) is 27.1. The third-order valence-electron chi connectivity index (χ3n) is 8.37. The van der Waals surface area contributed by atoms with E-state index in [2.05, 4.69) is 25.9 Å². The average Bonchev–Trinajstić information content (AvgIpc) is 2.88.